The maximum absolute atomic E-state index is 4.51. The van der Waals surface area contributed by atoms with E-state index in [1.165, 1.54) is 11.4 Å². The van der Waals surface area contributed by atoms with Gasteiger partial charge in [-0.05, 0) is 19.9 Å². The van der Waals surface area contributed by atoms with Crippen LogP contribution < -0.4 is 4.98 Å². The van der Waals surface area contributed by atoms with Crippen molar-refractivity contribution in [2.24, 2.45) is 5.41 Å². The summed E-state index contributed by atoms with van der Waals surface area (Å²) in [5.74, 6) is 0. The van der Waals surface area contributed by atoms with Crippen molar-refractivity contribution in [2.45, 2.75) is 54.3 Å². The lowest BCUT2D eigenvalue weighted by atomic mass is 9.93. The van der Waals surface area contributed by atoms with E-state index in [-0.39, 0.29) is 5.41 Å². The first-order valence-corrected chi connectivity index (χ1v) is 10.0. The van der Waals surface area contributed by atoms with Crippen molar-refractivity contribution in [2.75, 3.05) is 0 Å². The lowest BCUT2D eigenvalue weighted by Gasteiger charge is -2.31. The van der Waals surface area contributed by atoms with E-state index in [1.807, 2.05) is 11.6 Å². The molecule has 1 rings (SSSR count). The molecule has 0 aromatic carbocycles. The zero-order valence-corrected chi connectivity index (χ0v) is 14.0. The first-order chi connectivity index (χ1) is 7.99. The fraction of sp³-hybridized carbons (Fsp3) is 0.643. The van der Waals surface area contributed by atoms with Crippen molar-refractivity contribution < 1.29 is 0 Å². The minimum absolute atomic E-state index is 0.104. The van der Waals surface area contributed by atoms with E-state index in [2.05, 4.69) is 69.7 Å². The Morgan fingerprint density at radius 2 is 1.83 bits per heavy atom. The van der Waals surface area contributed by atoms with Crippen molar-refractivity contribution >= 4 is 14.4 Å². The highest BCUT2D eigenvalue weighted by Gasteiger charge is 2.23. The summed E-state index contributed by atoms with van der Waals surface area (Å²) in [7, 11) is -1.35. The number of aryl methyl sites for hydroxylation is 2. The molecule has 102 valence electrons. The number of hydrogen-bond acceptors (Lipinski definition) is 2. The van der Waals surface area contributed by atoms with E-state index in [0.29, 0.717) is 0 Å². The molecule has 1 aromatic heterocycles. The van der Waals surface area contributed by atoms with Gasteiger partial charge < -0.3 is 4.98 Å². The van der Waals surface area contributed by atoms with E-state index < -0.39 is 8.24 Å². The van der Waals surface area contributed by atoms with Gasteiger partial charge in [0, 0.05) is 23.0 Å². The summed E-state index contributed by atoms with van der Waals surface area (Å²) in [6.45, 7) is 17.8. The highest BCUT2D eigenvalue weighted by Crippen LogP contribution is 2.25. The molecule has 0 bridgehead atoms. The van der Waals surface area contributed by atoms with E-state index in [0.717, 1.165) is 5.69 Å². The standard InChI is InChI=1S/C14H27N3Si/c1-11-9-12(2)17(15-11)10-13(14(3,4)5)16-18(6,7)8/h9-10,16H,1-8H3/b13-10-. The molecule has 18 heavy (non-hydrogen) atoms. The molecule has 0 fully saturated rings. The highest BCUT2D eigenvalue weighted by atomic mass is 28.3. The summed E-state index contributed by atoms with van der Waals surface area (Å²) in [6, 6.07) is 2.10. The first kappa shape index (κ1) is 15.0. The van der Waals surface area contributed by atoms with Gasteiger partial charge in [0.15, 0.2) is 0 Å². The van der Waals surface area contributed by atoms with Crippen LogP contribution >= 0.6 is 0 Å². The fourth-order valence-corrected chi connectivity index (χ4v) is 2.96. The summed E-state index contributed by atoms with van der Waals surface area (Å²) in [5, 5.41) is 4.51. The van der Waals surface area contributed by atoms with Crippen molar-refractivity contribution in [3.05, 3.63) is 23.2 Å². The number of nitrogens with one attached hydrogen (secondary N) is 1. The van der Waals surface area contributed by atoms with Gasteiger partial charge >= 0.3 is 0 Å². The molecule has 3 nitrogen and oxygen atoms in total. The lowest BCUT2D eigenvalue weighted by molar-refractivity contribution is 0.485. The van der Waals surface area contributed by atoms with Crippen LogP contribution in [-0.2, 0) is 0 Å². The molecule has 0 spiro atoms. The van der Waals surface area contributed by atoms with Gasteiger partial charge in [0.25, 0.3) is 0 Å². The Kier molecular flexibility index (Phi) is 4.11. The third-order valence-corrected chi connectivity index (χ3v) is 3.63. The maximum atomic E-state index is 4.51. The van der Waals surface area contributed by atoms with Crippen molar-refractivity contribution in [3.8, 4) is 0 Å². The van der Waals surface area contributed by atoms with Gasteiger partial charge in [0.2, 0.25) is 0 Å². The Morgan fingerprint density at radius 3 is 2.17 bits per heavy atom. The monoisotopic (exact) mass is 265 g/mol. The van der Waals surface area contributed by atoms with Crippen LogP contribution in [0.25, 0.3) is 6.20 Å². The van der Waals surface area contributed by atoms with E-state index in [9.17, 15) is 0 Å². The summed E-state index contributed by atoms with van der Waals surface area (Å²) >= 11 is 0. The topological polar surface area (TPSA) is 29.9 Å². The molecule has 0 radical (unpaired) electrons. The predicted octanol–water partition coefficient (Wildman–Crippen LogP) is 3.77. The Hall–Kier alpha value is -1.03. The first-order valence-electron chi connectivity index (χ1n) is 6.52. The minimum atomic E-state index is -1.35. The average Bonchev–Trinajstić information content (AvgIpc) is 2.40. The average molecular weight is 265 g/mol. The molecule has 0 saturated heterocycles. The zero-order valence-electron chi connectivity index (χ0n) is 13.0. The van der Waals surface area contributed by atoms with Gasteiger partial charge in [-0.1, -0.05) is 40.4 Å². The summed E-state index contributed by atoms with van der Waals surface area (Å²) < 4.78 is 1.98. The molecule has 0 aliphatic carbocycles. The Bertz CT molecular complexity index is 445. The largest absolute Gasteiger partial charge is 0.412 e. The number of hydrogen-bond donors (Lipinski definition) is 1. The van der Waals surface area contributed by atoms with Gasteiger partial charge in [-0.3, -0.25) is 0 Å². The van der Waals surface area contributed by atoms with Crippen molar-refractivity contribution in [3.63, 3.8) is 0 Å². The fourth-order valence-electron chi connectivity index (χ4n) is 1.72. The molecule has 1 aromatic rings. The smallest absolute Gasteiger partial charge is 0.144 e. The van der Waals surface area contributed by atoms with Gasteiger partial charge in [-0.2, -0.15) is 5.10 Å². The van der Waals surface area contributed by atoms with Crippen molar-refractivity contribution in [1.82, 2.24) is 14.8 Å². The quantitative estimate of drug-likeness (QED) is 0.843. The third-order valence-electron chi connectivity index (χ3n) is 2.61. The minimum Gasteiger partial charge on any atom is -0.412 e. The van der Waals surface area contributed by atoms with Crippen LogP contribution in [-0.4, -0.2) is 18.0 Å². The van der Waals surface area contributed by atoms with Gasteiger partial charge in [-0.25, -0.2) is 4.68 Å². The molecule has 4 heteroatoms. The molecular weight excluding hydrogens is 238 g/mol. The highest BCUT2D eigenvalue weighted by molar-refractivity contribution is 6.74. The molecule has 0 aliphatic heterocycles. The molecule has 0 aliphatic rings. The van der Waals surface area contributed by atoms with Gasteiger partial charge in [0.1, 0.15) is 8.24 Å². The number of allylic oxidation sites excluding steroid dienone is 1. The normalized spacial score (nSPS) is 13.9. The second-order valence-electron chi connectivity index (χ2n) is 7.04. The van der Waals surface area contributed by atoms with Gasteiger partial charge in [0.05, 0.1) is 5.69 Å². The number of aromatic nitrogens is 2. The lowest BCUT2D eigenvalue weighted by Crippen LogP contribution is -2.43. The van der Waals surface area contributed by atoms with Crippen LogP contribution in [0.1, 0.15) is 32.2 Å². The Labute approximate surface area is 112 Å². The SMILES string of the molecule is Cc1cc(C)n(/C=C(\N[Si](C)(C)C)C(C)(C)C)n1. The van der Waals surface area contributed by atoms with Crippen molar-refractivity contribution in [1.29, 1.82) is 0 Å². The Balaban J connectivity index is 3.15. The summed E-state index contributed by atoms with van der Waals surface area (Å²) in [4.78, 5) is 3.72. The molecular formula is C14H27N3Si. The number of nitrogens with zero attached hydrogens (tertiary/aromatic N) is 2. The van der Waals surface area contributed by atoms with Crippen LogP contribution in [0, 0.1) is 19.3 Å². The number of rotatable bonds is 3. The van der Waals surface area contributed by atoms with Crippen LogP contribution in [0.2, 0.25) is 19.6 Å². The second kappa shape index (κ2) is 4.92. The maximum Gasteiger partial charge on any atom is 0.144 e. The molecule has 0 saturated carbocycles. The second-order valence-corrected chi connectivity index (χ2v) is 11.8. The van der Waals surface area contributed by atoms with E-state index in [4.69, 9.17) is 0 Å². The van der Waals surface area contributed by atoms with Crippen LogP contribution in [0.3, 0.4) is 0 Å². The zero-order chi connectivity index (χ0) is 14.1. The molecule has 0 unspecified atom stereocenters. The van der Waals surface area contributed by atoms with E-state index >= 15 is 0 Å². The summed E-state index contributed by atoms with van der Waals surface area (Å²) in [6.07, 6.45) is 2.14. The molecule has 0 amide bonds. The predicted molar refractivity (Wildman–Crippen MR) is 81.9 cm³/mol. The molecule has 0 atom stereocenters. The third kappa shape index (κ3) is 4.33. The molecule has 1 N–H and O–H groups in total. The van der Waals surface area contributed by atoms with Crippen LogP contribution in [0.15, 0.2) is 11.8 Å². The molecule has 1 heterocycles. The summed E-state index contributed by atoms with van der Waals surface area (Å²) in [5.41, 5.74) is 3.59. The Morgan fingerprint density at radius 1 is 1.28 bits per heavy atom. The van der Waals surface area contributed by atoms with Gasteiger partial charge in [-0.15, -0.1) is 0 Å². The van der Waals surface area contributed by atoms with E-state index in [1.54, 1.807) is 0 Å². The van der Waals surface area contributed by atoms with Crippen LogP contribution in [0.4, 0.5) is 0 Å². The van der Waals surface area contributed by atoms with Crippen LogP contribution in [0.5, 0.6) is 0 Å².